The minimum atomic E-state index is -0.249. The molecule has 25 heavy (non-hydrogen) atoms. The van der Waals surface area contributed by atoms with Crippen LogP contribution in [0, 0.1) is 17.3 Å². The molecule has 1 aliphatic rings. The van der Waals surface area contributed by atoms with Crippen LogP contribution in [0.4, 0.5) is 0 Å². The van der Waals surface area contributed by atoms with Crippen molar-refractivity contribution in [2.45, 2.75) is 54.4 Å². The molecule has 1 N–H and O–H groups in total. The first kappa shape index (κ1) is 21.2. The van der Waals surface area contributed by atoms with Crippen LogP contribution in [-0.4, -0.2) is 10.3 Å². The van der Waals surface area contributed by atoms with E-state index in [0.717, 1.165) is 23.5 Å². The quantitative estimate of drug-likeness (QED) is 0.387. The van der Waals surface area contributed by atoms with Gasteiger partial charge in [-0.3, -0.25) is 5.21 Å². The molecule has 0 aromatic rings. The van der Waals surface area contributed by atoms with Crippen molar-refractivity contribution in [2.24, 2.45) is 17.3 Å². The van der Waals surface area contributed by atoms with Crippen LogP contribution < -0.4 is 0 Å². The van der Waals surface area contributed by atoms with E-state index in [0.29, 0.717) is 11.8 Å². The van der Waals surface area contributed by atoms with E-state index >= 15 is 0 Å². The Kier molecular flexibility index (Phi) is 8.18. The Hall–Kier alpha value is -1.80. The summed E-state index contributed by atoms with van der Waals surface area (Å²) in [6, 6.07) is 0. The lowest BCUT2D eigenvalue weighted by Crippen LogP contribution is -2.25. The van der Waals surface area contributed by atoms with Crippen LogP contribution in [0.25, 0.3) is 0 Å². The average Bonchev–Trinajstić information content (AvgIpc) is 2.57. The largest absolute Gasteiger partial charge is 0.285 e. The van der Waals surface area contributed by atoms with Crippen LogP contribution in [0.5, 0.6) is 0 Å². The van der Waals surface area contributed by atoms with Gasteiger partial charge in [0.1, 0.15) is 0 Å². The summed E-state index contributed by atoms with van der Waals surface area (Å²) < 4.78 is 0. The van der Waals surface area contributed by atoms with Crippen molar-refractivity contribution in [1.29, 1.82) is 0 Å². The Morgan fingerprint density at radius 3 is 2.56 bits per heavy atom. The molecule has 0 aliphatic heterocycles. The molecule has 2 nitrogen and oxygen atoms in total. The van der Waals surface area contributed by atoms with Crippen molar-refractivity contribution >= 4 is 0 Å². The van der Waals surface area contributed by atoms with Crippen LogP contribution >= 0.6 is 0 Å². The van der Waals surface area contributed by atoms with E-state index in [-0.39, 0.29) is 5.41 Å². The highest BCUT2D eigenvalue weighted by Crippen LogP contribution is 2.43. The number of allylic oxidation sites excluding steroid dienone is 9. The summed E-state index contributed by atoms with van der Waals surface area (Å²) in [5.74, 6) is 0.771. The number of hydrogen-bond acceptors (Lipinski definition) is 2. The number of hydroxylamine groups is 2. The average molecular weight is 342 g/mol. The molecule has 0 aromatic carbocycles. The Balaban J connectivity index is 3.32. The monoisotopic (exact) mass is 341 g/mol. The molecule has 1 rings (SSSR count). The highest BCUT2D eigenvalue weighted by molar-refractivity contribution is 5.43. The maximum absolute atomic E-state index is 9.98. The van der Waals surface area contributed by atoms with Gasteiger partial charge in [-0.15, -0.1) is 0 Å². The van der Waals surface area contributed by atoms with Gasteiger partial charge in [-0.25, -0.2) is 5.06 Å². The van der Waals surface area contributed by atoms with Crippen LogP contribution in [0.15, 0.2) is 72.2 Å². The van der Waals surface area contributed by atoms with Gasteiger partial charge in [-0.05, 0) is 56.6 Å². The Bertz CT molecular complexity index is 600. The zero-order valence-electron chi connectivity index (χ0n) is 16.8. The zero-order valence-corrected chi connectivity index (χ0v) is 16.8. The smallest absolute Gasteiger partial charge is 0.0330 e. The molecular weight excluding hydrogens is 306 g/mol. The molecular formula is C23H35NO. The highest BCUT2D eigenvalue weighted by atomic mass is 16.5. The molecule has 0 amide bonds. The van der Waals surface area contributed by atoms with E-state index in [9.17, 15) is 5.21 Å². The lowest BCUT2D eigenvalue weighted by Gasteiger charge is -2.35. The molecule has 0 saturated heterocycles. The van der Waals surface area contributed by atoms with Gasteiger partial charge in [-0.2, -0.15) is 0 Å². The molecule has 138 valence electrons. The maximum Gasteiger partial charge on any atom is 0.0330 e. The molecule has 2 unspecified atom stereocenters. The third-order valence-corrected chi connectivity index (χ3v) is 4.65. The van der Waals surface area contributed by atoms with Crippen molar-refractivity contribution in [3.05, 3.63) is 72.2 Å². The number of hydrogen-bond donors (Lipinski definition) is 1. The summed E-state index contributed by atoms with van der Waals surface area (Å²) in [7, 11) is 0. The van der Waals surface area contributed by atoms with E-state index in [1.54, 1.807) is 6.20 Å². The normalized spacial score (nSPS) is 20.4. The van der Waals surface area contributed by atoms with Gasteiger partial charge < -0.3 is 0 Å². The molecule has 2 heteroatoms. The summed E-state index contributed by atoms with van der Waals surface area (Å²) in [5, 5.41) is 11.0. The van der Waals surface area contributed by atoms with Crippen LogP contribution in [0.3, 0.4) is 0 Å². The van der Waals surface area contributed by atoms with Crippen molar-refractivity contribution < 1.29 is 5.21 Å². The van der Waals surface area contributed by atoms with Crippen molar-refractivity contribution in [1.82, 2.24) is 5.06 Å². The number of nitrogens with zero attached hydrogens (tertiary/aromatic N) is 1. The van der Waals surface area contributed by atoms with Crippen LogP contribution in [0.1, 0.15) is 54.4 Å². The second-order valence-electron chi connectivity index (χ2n) is 7.48. The van der Waals surface area contributed by atoms with Gasteiger partial charge in [0.15, 0.2) is 0 Å². The van der Waals surface area contributed by atoms with Gasteiger partial charge >= 0.3 is 0 Å². The van der Waals surface area contributed by atoms with E-state index in [1.165, 1.54) is 17.3 Å². The van der Waals surface area contributed by atoms with Gasteiger partial charge in [0, 0.05) is 17.8 Å². The minimum Gasteiger partial charge on any atom is -0.285 e. The lowest BCUT2D eigenvalue weighted by molar-refractivity contribution is 0.00948. The highest BCUT2D eigenvalue weighted by Gasteiger charge is 2.32. The molecule has 0 spiro atoms. The predicted octanol–water partition coefficient (Wildman–Crippen LogP) is 6.80. The molecule has 0 heterocycles. The maximum atomic E-state index is 9.98. The van der Waals surface area contributed by atoms with Gasteiger partial charge in [-0.1, -0.05) is 69.4 Å². The van der Waals surface area contributed by atoms with Gasteiger partial charge in [0.25, 0.3) is 0 Å². The Morgan fingerprint density at radius 1 is 1.44 bits per heavy atom. The number of rotatable bonds is 8. The molecule has 0 radical (unpaired) electrons. The fourth-order valence-electron chi connectivity index (χ4n) is 3.36. The summed E-state index contributed by atoms with van der Waals surface area (Å²) in [5.41, 5.74) is 3.55. The Morgan fingerprint density at radius 2 is 2.12 bits per heavy atom. The predicted molar refractivity (Wildman–Crippen MR) is 109 cm³/mol. The third kappa shape index (κ3) is 5.89. The van der Waals surface area contributed by atoms with Crippen LogP contribution in [-0.2, 0) is 0 Å². The fraction of sp³-hybridized carbons (Fsp3) is 0.478. The molecule has 0 fully saturated rings. The first-order valence-electron chi connectivity index (χ1n) is 9.28. The van der Waals surface area contributed by atoms with Gasteiger partial charge in [0.2, 0.25) is 0 Å². The topological polar surface area (TPSA) is 23.5 Å². The minimum absolute atomic E-state index is 0.249. The van der Waals surface area contributed by atoms with Gasteiger partial charge in [0.05, 0.1) is 0 Å². The second kappa shape index (κ2) is 9.62. The molecule has 0 aromatic heterocycles. The first-order valence-corrected chi connectivity index (χ1v) is 9.28. The molecule has 2 atom stereocenters. The SMILES string of the molecule is C=CN(O)/C=C(/C(C)C)C(C)(C=CCC)C1=CCC(C=C(C)C)C=C1. The first-order chi connectivity index (χ1) is 11.7. The molecule has 1 aliphatic carbocycles. The Labute approximate surface area is 154 Å². The fourth-order valence-corrected chi connectivity index (χ4v) is 3.36. The van der Waals surface area contributed by atoms with E-state index in [2.05, 4.69) is 84.6 Å². The summed E-state index contributed by atoms with van der Waals surface area (Å²) in [6.45, 7) is 16.7. The van der Waals surface area contributed by atoms with Crippen molar-refractivity contribution in [3.63, 3.8) is 0 Å². The van der Waals surface area contributed by atoms with Crippen molar-refractivity contribution in [2.75, 3.05) is 0 Å². The van der Waals surface area contributed by atoms with Crippen molar-refractivity contribution in [3.8, 4) is 0 Å². The van der Waals surface area contributed by atoms with Crippen LogP contribution in [0.2, 0.25) is 0 Å². The third-order valence-electron chi connectivity index (χ3n) is 4.65. The molecule has 0 saturated carbocycles. The zero-order chi connectivity index (χ0) is 19.0. The molecule has 0 bridgehead atoms. The summed E-state index contributed by atoms with van der Waals surface area (Å²) >= 11 is 0. The summed E-state index contributed by atoms with van der Waals surface area (Å²) in [4.78, 5) is 0. The standard InChI is InChI=1S/C23H35NO/c1-8-10-15-23(7,22(19(5)6)17-24(25)9-2)21-13-11-20(12-14-21)16-18(3)4/h9-11,13-17,19-20,25H,2,8,12H2,1,3-7H3/b15-10?,22-17-. The lowest BCUT2D eigenvalue weighted by atomic mass is 9.69. The van der Waals surface area contributed by atoms with E-state index < -0.39 is 0 Å². The second-order valence-corrected chi connectivity index (χ2v) is 7.48. The van der Waals surface area contributed by atoms with E-state index in [4.69, 9.17) is 0 Å². The van der Waals surface area contributed by atoms with E-state index in [1.807, 2.05) is 0 Å². The summed E-state index contributed by atoms with van der Waals surface area (Å²) in [6.07, 6.45) is 18.9.